The summed E-state index contributed by atoms with van der Waals surface area (Å²) >= 11 is 0. The lowest BCUT2D eigenvalue weighted by Crippen LogP contribution is -2.34. The Morgan fingerprint density at radius 3 is 2.12 bits per heavy atom. The first-order valence-electron chi connectivity index (χ1n) is 11.4. The normalized spacial score (nSPS) is 19.2. The fourth-order valence-electron chi connectivity index (χ4n) is 6.21. The average Bonchev–Trinajstić information content (AvgIpc) is 3.33. The largest absolute Gasteiger partial charge is 0.309 e. The van der Waals surface area contributed by atoms with Crippen molar-refractivity contribution in [2.75, 3.05) is 0 Å². The van der Waals surface area contributed by atoms with Crippen LogP contribution >= 0.6 is 0 Å². The zero-order chi connectivity index (χ0) is 22.7. The zero-order valence-electron chi connectivity index (χ0n) is 18.8. The molecule has 6 rings (SSSR count). The summed E-state index contributed by atoms with van der Waals surface area (Å²) in [6, 6.07) is 24.2. The van der Waals surface area contributed by atoms with Crippen molar-refractivity contribution in [3.05, 3.63) is 150 Å². The smallest absolute Gasteiger partial charge is 0.0754 e. The molecule has 0 amide bonds. The van der Waals surface area contributed by atoms with Gasteiger partial charge >= 0.3 is 0 Å². The van der Waals surface area contributed by atoms with Gasteiger partial charge in [0.15, 0.2) is 0 Å². The van der Waals surface area contributed by atoms with Gasteiger partial charge in [0, 0.05) is 10.8 Å². The van der Waals surface area contributed by atoms with Crippen molar-refractivity contribution in [2.45, 2.75) is 12.3 Å². The predicted octanol–water partition coefficient (Wildman–Crippen LogP) is 8.12. The van der Waals surface area contributed by atoms with Crippen LogP contribution in [0.4, 0.5) is 0 Å². The lowest BCUT2D eigenvalue weighted by atomic mass is 9.64. The van der Waals surface area contributed by atoms with Crippen LogP contribution in [-0.4, -0.2) is 4.57 Å². The van der Waals surface area contributed by atoms with Gasteiger partial charge in [-0.3, -0.25) is 0 Å². The van der Waals surface area contributed by atoms with Gasteiger partial charge in [0.2, 0.25) is 0 Å². The Morgan fingerprint density at radius 1 is 0.697 bits per heavy atom. The summed E-state index contributed by atoms with van der Waals surface area (Å²) in [5, 5.41) is 2.54. The van der Waals surface area contributed by atoms with Crippen LogP contribution in [0.2, 0.25) is 0 Å². The van der Waals surface area contributed by atoms with E-state index in [1.165, 1.54) is 44.2 Å². The van der Waals surface area contributed by atoms with Crippen molar-refractivity contribution in [3.8, 4) is 5.69 Å². The molecule has 4 aromatic rings. The molecule has 0 fully saturated rings. The first-order chi connectivity index (χ1) is 16.2. The number of benzene rings is 3. The molecule has 33 heavy (non-hydrogen) atoms. The number of rotatable bonds is 4. The van der Waals surface area contributed by atoms with E-state index in [-0.39, 0.29) is 0 Å². The second-order valence-corrected chi connectivity index (χ2v) is 8.59. The maximum Gasteiger partial charge on any atom is 0.0754 e. The van der Waals surface area contributed by atoms with Crippen LogP contribution in [0.25, 0.3) is 27.5 Å². The van der Waals surface area contributed by atoms with Crippen LogP contribution in [0.3, 0.4) is 0 Å². The van der Waals surface area contributed by atoms with Crippen molar-refractivity contribution in [1.29, 1.82) is 0 Å². The Labute approximate surface area is 194 Å². The Morgan fingerprint density at radius 2 is 1.36 bits per heavy atom. The summed E-state index contributed by atoms with van der Waals surface area (Å²) in [5.74, 6) is 0. The minimum atomic E-state index is -0.498. The SMILES string of the molecule is C=CC1=C(C=C)C2(C(C=C)=C1/C=C\C)c1ccccc1-n1c3ccccc3c3cccc2c31. The highest BCUT2D eigenvalue weighted by molar-refractivity contribution is 6.12. The van der Waals surface area contributed by atoms with E-state index in [1.54, 1.807) is 0 Å². The van der Waals surface area contributed by atoms with E-state index in [9.17, 15) is 0 Å². The molecule has 1 unspecified atom stereocenters. The number of hydrogen-bond donors (Lipinski definition) is 0. The minimum absolute atomic E-state index is 0.498. The monoisotopic (exact) mass is 423 g/mol. The molecule has 1 heteroatoms. The van der Waals surface area contributed by atoms with Crippen LogP contribution < -0.4 is 0 Å². The fourth-order valence-corrected chi connectivity index (χ4v) is 6.21. The Hall–Kier alpha value is -4.10. The highest BCUT2D eigenvalue weighted by Gasteiger charge is 2.50. The van der Waals surface area contributed by atoms with Crippen LogP contribution in [0.15, 0.2) is 139 Å². The summed E-state index contributed by atoms with van der Waals surface area (Å²) in [7, 11) is 0. The van der Waals surface area contributed by atoms with Crippen LogP contribution in [0.1, 0.15) is 18.1 Å². The molecule has 0 saturated heterocycles. The highest BCUT2D eigenvalue weighted by atomic mass is 15.0. The van der Waals surface area contributed by atoms with Crippen LogP contribution in [-0.2, 0) is 5.41 Å². The summed E-state index contributed by atoms with van der Waals surface area (Å²) in [5.41, 5.74) is 10.3. The minimum Gasteiger partial charge on any atom is -0.309 e. The van der Waals surface area contributed by atoms with Gasteiger partial charge < -0.3 is 4.57 Å². The second kappa shape index (κ2) is 6.95. The molecule has 0 saturated carbocycles. The third-order valence-corrected chi connectivity index (χ3v) is 7.27. The van der Waals surface area contributed by atoms with Crippen molar-refractivity contribution in [1.82, 2.24) is 4.57 Å². The molecule has 1 nitrogen and oxygen atoms in total. The van der Waals surface area contributed by atoms with E-state index in [1.807, 2.05) is 18.2 Å². The average molecular weight is 424 g/mol. The summed E-state index contributed by atoms with van der Waals surface area (Å²) < 4.78 is 2.43. The Kier molecular flexibility index (Phi) is 4.12. The van der Waals surface area contributed by atoms with Gasteiger partial charge in [0.25, 0.3) is 0 Å². The van der Waals surface area contributed by atoms with Gasteiger partial charge in [-0.25, -0.2) is 0 Å². The summed E-state index contributed by atoms with van der Waals surface area (Å²) in [6.07, 6.45) is 10.3. The first-order valence-corrected chi connectivity index (χ1v) is 11.4. The first kappa shape index (κ1) is 19.6. The molecule has 1 aromatic heterocycles. The number of fused-ring (bicyclic) bond motifs is 7. The van der Waals surface area contributed by atoms with Crippen molar-refractivity contribution in [2.24, 2.45) is 0 Å². The molecule has 2 heterocycles. The van der Waals surface area contributed by atoms with Gasteiger partial charge in [-0.15, -0.1) is 0 Å². The molecule has 0 bridgehead atoms. The highest BCUT2D eigenvalue weighted by Crippen LogP contribution is 2.60. The molecule has 0 N–H and O–H groups in total. The van der Waals surface area contributed by atoms with Gasteiger partial charge in [0.05, 0.1) is 22.1 Å². The standard InChI is InChI=1S/C32H25N/c1-5-14-22-21(6-2)25(7-3)32(26(22)8-4)27-17-10-12-20-30(27)33-29-19-11-9-15-23(29)24-16-13-18-28(32)31(24)33/h5-20H,2-4H2,1H3/b14-5-. The number of nitrogens with zero attached hydrogens (tertiary/aromatic N) is 1. The van der Waals surface area contributed by atoms with E-state index in [0.29, 0.717) is 0 Å². The van der Waals surface area contributed by atoms with E-state index in [0.717, 1.165) is 16.7 Å². The maximum absolute atomic E-state index is 4.30. The Bertz CT molecular complexity index is 1620. The maximum atomic E-state index is 4.30. The molecule has 2 aliphatic rings. The molecule has 1 atom stereocenters. The number of hydrogen-bond acceptors (Lipinski definition) is 0. The quantitative estimate of drug-likeness (QED) is 0.312. The summed E-state index contributed by atoms with van der Waals surface area (Å²) in [4.78, 5) is 0. The van der Waals surface area contributed by atoms with Gasteiger partial charge in [-0.1, -0.05) is 105 Å². The van der Waals surface area contributed by atoms with Crippen molar-refractivity contribution in [3.63, 3.8) is 0 Å². The zero-order valence-corrected chi connectivity index (χ0v) is 18.8. The van der Waals surface area contributed by atoms with Gasteiger partial charge in [0.1, 0.15) is 0 Å². The second-order valence-electron chi connectivity index (χ2n) is 8.59. The molecular weight excluding hydrogens is 398 g/mol. The number of allylic oxidation sites excluding steroid dienone is 9. The molecule has 1 aliphatic carbocycles. The molecule has 0 radical (unpaired) electrons. The lowest BCUT2D eigenvalue weighted by molar-refractivity contribution is 0.737. The van der Waals surface area contributed by atoms with E-state index >= 15 is 0 Å². The van der Waals surface area contributed by atoms with Crippen LogP contribution in [0, 0.1) is 0 Å². The number of para-hydroxylation sites is 3. The molecular formula is C32H25N. The van der Waals surface area contributed by atoms with E-state index in [2.05, 4.69) is 110 Å². The molecule has 3 aromatic carbocycles. The fraction of sp³-hybridized carbons (Fsp3) is 0.0625. The van der Waals surface area contributed by atoms with E-state index in [4.69, 9.17) is 0 Å². The van der Waals surface area contributed by atoms with Gasteiger partial charge in [-0.05, 0) is 52.5 Å². The molecule has 1 spiro atoms. The third kappa shape index (κ3) is 2.17. The van der Waals surface area contributed by atoms with Crippen molar-refractivity contribution < 1.29 is 0 Å². The van der Waals surface area contributed by atoms with Crippen LogP contribution in [0.5, 0.6) is 0 Å². The van der Waals surface area contributed by atoms with Crippen molar-refractivity contribution >= 4 is 21.8 Å². The third-order valence-electron chi connectivity index (χ3n) is 7.27. The number of aromatic nitrogens is 1. The Balaban J connectivity index is 1.95. The lowest BCUT2D eigenvalue weighted by Gasteiger charge is -2.41. The molecule has 158 valence electrons. The van der Waals surface area contributed by atoms with Gasteiger partial charge in [-0.2, -0.15) is 0 Å². The molecule has 1 aliphatic heterocycles. The predicted molar refractivity (Wildman–Crippen MR) is 141 cm³/mol. The topological polar surface area (TPSA) is 4.93 Å². The van der Waals surface area contributed by atoms with E-state index < -0.39 is 5.41 Å². The summed E-state index contributed by atoms with van der Waals surface area (Å²) in [6.45, 7) is 14.8.